The van der Waals surface area contributed by atoms with Crippen molar-refractivity contribution in [2.24, 2.45) is 0 Å². The van der Waals surface area contributed by atoms with E-state index in [9.17, 15) is 9.90 Å². The van der Waals surface area contributed by atoms with Crippen molar-refractivity contribution in [1.82, 2.24) is 0 Å². The summed E-state index contributed by atoms with van der Waals surface area (Å²) in [5.74, 6) is -0.0534. The first-order chi connectivity index (χ1) is 17.3. The van der Waals surface area contributed by atoms with Crippen LogP contribution in [0, 0.1) is 0 Å². The normalized spacial score (nSPS) is 16.6. The molecule has 1 aliphatic heterocycles. The minimum absolute atomic E-state index is 0. The molecular weight excluding hydrogens is 564 g/mol. The van der Waals surface area contributed by atoms with E-state index in [1.165, 1.54) is 11.1 Å². The molecule has 37 heavy (non-hydrogen) atoms. The fourth-order valence-corrected chi connectivity index (χ4v) is 6.43. The van der Waals surface area contributed by atoms with Gasteiger partial charge >= 0.3 is 0 Å². The zero-order valence-electron chi connectivity index (χ0n) is 21.3. The molecule has 0 spiro atoms. The number of carbonyl (C=O) groups is 1. The number of allylic oxidation sites excluding steroid dienone is 6. The number of aromatic nitrogens is 1. The number of benzene rings is 2. The van der Waals surface area contributed by atoms with Crippen molar-refractivity contribution in [3.8, 4) is 0 Å². The number of thioether (sulfide) groups is 1. The van der Waals surface area contributed by atoms with Crippen LogP contribution in [0.15, 0.2) is 105 Å². The molecule has 2 heterocycles. The third-order valence-electron chi connectivity index (χ3n) is 6.17. The van der Waals surface area contributed by atoms with Gasteiger partial charge in [0.05, 0.1) is 21.9 Å². The number of para-hydroxylation sites is 2. The molecule has 3 aromatic rings. The van der Waals surface area contributed by atoms with E-state index >= 15 is 0 Å². The van der Waals surface area contributed by atoms with Gasteiger partial charge in [-0.25, -0.2) is 0 Å². The molecular formula is C30H29BrN2O2S2. The third-order valence-corrected chi connectivity index (χ3v) is 8.40. The second-order valence-corrected chi connectivity index (χ2v) is 11.5. The van der Waals surface area contributed by atoms with Crippen molar-refractivity contribution in [1.29, 1.82) is 0 Å². The van der Waals surface area contributed by atoms with Gasteiger partial charge in [-0.1, -0.05) is 64.6 Å². The van der Waals surface area contributed by atoms with Crippen molar-refractivity contribution < 1.29 is 31.4 Å². The number of rotatable bonds is 6. The summed E-state index contributed by atoms with van der Waals surface area (Å²) in [6.45, 7) is 9.76. The molecule has 4 nitrogen and oxygen atoms in total. The molecule has 0 atom stereocenters. The SMILES string of the molecule is CC(C)=CCN1/C(=C/C2=C(O)C(=C\c3sc4ccccc4[n+]3CC=C(C)C)/C2=O)Sc2ccccc21.[Br-]. The fraction of sp³-hybridized carbons (Fsp3) is 0.200. The average Bonchev–Trinajstić information content (AvgIpc) is 3.40. The Bertz CT molecular complexity index is 1530. The largest absolute Gasteiger partial charge is 1.00 e. The molecule has 5 rings (SSSR count). The summed E-state index contributed by atoms with van der Waals surface area (Å²) < 4.78 is 3.35. The van der Waals surface area contributed by atoms with Gasteiger partial charge in [0.2, 0.25) is 11.3 Å². The van der Waals surface area contributed by atoms with Crippen LogP contribution in [-0.2, 0) is 11.3 Å². The van der Waals surface area contributed by atoms with Crippen molar-refractivity contribution in [3.05, 3.63) is 105 Å². The lowest BCUT2D eigenvalue weighted by molar-refractivity contribution is -0.658. The van der Waals surface area contributed by atoms with E-state index in [0.29, 0.717) is 11.1 Å². The molecule has 7 heteroatoms. The lowest BCUT2D eigenvalue weighted by atomic mass is 9.88. The quantitative estimate of drug-likeness (QED) is 0.262. The highest BCUT2D eigenvalue weighted by atomic mass is 79.9. The van der Waals surface area contributed by atoms with Gasteiger partial charge in [0.25, 0.3) is 5.01 Å². The molecule has 0 saturated heterocycles. The van der Waals surface area contributed by atoms with Crippen LogP contribution in [0.4, 0.5) is 5.69 Å². The highest BCUT2D eigenvalue weighted by Gasteiger charge is 2.36. The van der Waals surface area contributed by atoms with Crippen molar-refractivity contribution >= 4 is 50.9 Å². The van der Waals surface area contributed by atoms with Gasteiger partial charge in [0, 0.05) is 23.6 Å². The number of hydrogen-bond acceptors (Lipinski definition) is 5. The first-order valence-electron chi connectivity index (χ1n) is 12.0. The molecule has 190 valence electrons. The Hall–Kier alpha value is -2.87. The lowest BCUT2D eigenvalue weighted by Crippen LogP contribution is -3.00. The van der Waals surface area contributed by atoms with Crippen molar-refractivity contribution in [2.45, 2.75) is 39.1 Å². The van der Waals surface area contributed by atoms with Crippen molar-refractivity contribution in [2.75, 3.05) is 11.4 Å². The first kappa shape index (κ1) is 27.2. The van der Waals surface area contributed by atoms with Crippen LogP contribution in [0.1, 0.15) is 32.7 Å². The fourth-order valence-electron chi connectivity index (χ4n) is 4.20. The number of Topliss-reactive ketones (excluding diaryl/α,β-unsaturated/α-hetero) is 1. The van der Waals surface area contributed by atoms with Gasteiger partial charge < -0.3 is 27.0 Å². The van der Waals surface area contributed by atoms with Gasteiger partial charge in [-0.2, -0.15) is 4.57 Å². The Morgan fingerprint density at radius 1 is 0.973 bits per heavy atom. The van der Waals surface area contributed by atoms with E-state index in [0.717, 1.165) is 43.9 Å². The van der Waals surface area contributed by atoms with E-state index in [2.05, 4.69) is 73.6 Å². The number of nitrogens with zero attached hydrogens (tertiary/aromatic N) is 2. The van der Waals surface area contributed by atoms with E-state index in [1.54, 1.807) is 23.1 Å². The maximum absolute atomic E-state index is 13.2. The van der Waals surface area contributed by atoms with E-state index in [1.807, 2.05) is 36.4 Å². The number of anilines is 1. The van der Waals surface area contributed by atoms with Crippen LogP contribution >= 0.6 is 23.1 Å². The number of hydrogen-bond donors (Lipinski definition) is 1. The van der Waals surface area contributed by atoms with Crippen LogP contribution in [0.5, 0.6) is 0 Å². The minimum Gasteiger partial charge on any atom is -1.00 e. The number of aliphatic hydroxyl groups is 1. The molecule has 1 N–H and O–H groups in total. The summed E-state index contributed by atoms with van der Waals surface area (Å²) in [5.41, 5.74) is 5.46. The van der Waals surface area contributed by atoms with Gasteiger partial charge in [-0.3, -0.25) is 4.79 Å². The molecule has 0 amide bonds. The third kappa shape index (κ3) is 5.40. The summed E-state index contributed by atoms with van der Waals surface area (Å²) in [6, 6.07) is 16.5. The highest BCUT2D eigenvalue weighted by Crippen LogP contribution is 2.47. The lowest BCUT2D eigenvalue weighted by Gasteiger charge is -2.22. The van der Waals surface area contributed by atoms with Gasteiger partial charge in [-0.05, 0) is 58.0 Å². The van der Waals surface area contributed by atoms with Crippen LogP contribution < -0.4 is 26.4 Å². The number of ketones is 1. The molecule has 0 bridgehead atoms. The highest BCUT2D eigenvalue weighted by molar-refractivity contribution is 8.03. The summed E-state index contributed by atoms with van der Waals surface area (Å²) in [4.78, 5) is 16.6. The number of thiazole rings is 1. The smallest absolute Gasteiger partial charge is 0.263 e. The molecule has 0 saturated carbocycles. The average molecular weight is 594 g/mol. The van der Waals surface area contributed by atoms with Crippen LogP contribution in [-0.4, -0.2) is 17.4 Å². The summed E-state index contributed by atoms with van der Waals surface area (Å²) in [5, 5.41) is 12.8. The topological polar surface area (TPSA) is 44.4 Å². The predicted molar refractivity (Wildman–Crippen MR) is 151 cm³/mol. The maximum atomic E-state index is 13.2. The minimum atomic E-state index is -0.120. The second-order valence-electron chi connectivity index (χ2n) is 9.39. The van der Waals surface area contributed by atoms with Gasteiger partial charge in [-0.15, -0.1) is 0 Å². The zero-order chi connectivity index (χ0) is 25.4. The molecule has 1 aromatic heterocycles. The number of carbonyl (C=O) groups excluding carboxylic acids is 1. The van der Waals surface area contributed by atoms with E-state index in [-0.39, 0.29) is 28.5 Å². The Balaban J connectivity index is 0.00000320. The predicted octanol–water partition coefficient (Wildman–Crippen LogP) is 4.36. The second kappa shape index (κ2) is 11.3. The number of halogens is 1. The number of fused-ring (bicyclic) bond motifs is 2. The Labute approximate surface area is 236 Å². The van der Waals surface area contributed by atoms with Gasteiger partial charge in [0.15, 0.2) is 6.54 Å². The van der Waals surface area contributed by atoms with E-state index < -0.39 is 0 Å². The molecule has 2 aromatic carbocycles. The molecule has 0 unspecified atom stereocenters. The van der Waals surface area contributed by atoms with Crippen LogP contribution in [0.25, 0.3) is 16.3 Å². The van der Waals surface area contributed by atoms with E-state index in [4.69, 9.17) is 0 Å². The Morgan fingerprint density at radius 3 is 2.41 bits per heavy atom. The maximum Gasteiger partial charge on any atom is 0.263 e. The summed E-state index contributed by atoms with van der Waals surface area (Å²) in [7, 11) is 0. The monoisotopic (exact) mass is 592 g/mol. The molecule has 1 aliphatic carbocycles. The molecule has 0 fully saturated rings. The zero-order valence-corrected chi connectivity index (χ0v) is 24.5. The Kier molecular flexibility index (Phi) is 8.26. The number of aliphatic hydroxyl groups excluding tert-OH is 1. The summed E-state index contributed by atoms with van der Waals surface area (Å²) >= 11 is 3.26. The summed E-state index contributed by atoms with van der Waals surface area (Å²) in [6.07, 6.45) is 8.01. The standard InChI is InChI=1S/C30H28N2O2S2.BrH/c1-19(2)13-15-31-23-9-5-7-11-25(23)35-27(31)17-21-29(33)22(30(21)34)18-28-32(16-14-20(3)4)24-10-6-8-12-26(24)36-28;/h5-14,17-18H,15-16H2,1-4H3;1H. The molecule has 0 radical (unpaired) electrons. The Morgan fingerprint density at radius 2 is 1.68 bits per heavy atom. The molecule has 2 aliphatic rings. The van der Waals surface area contributed by atoms with Crippen LogP contribution in [0.2, 0.25) is 0 Å². The van der Waals surface area contributed by atoms with Crippen molar-refractivity contribution in [3.63, 3.8) is 0 Å². The van der Waals surface area contributed by atoms with Gasteiger partial charge in [0.1, 0.15) is 10.5 Å². The van der Waals surface area contributed by atoms with Crippen LogP contribution in [0.3, 0.4) is 0 Å². The first-order valence-corrected chi connectivity index (χ1v) is 13.6.